The predicted octanol–water partition coefficient (Wildman–Crippen LogP) is 3.82. The van der Waals surface area contributed by atoms with Crippen LogP contribution in [0.2, 0.25) is 0 Å². The fraction of sp³-hybridized carbons (Fsp3) is 0.222. The molecule has 2 aromatic carbocycles. The van der Waals surface area contributed by atoms with Crippen molar-refractivity contribution in [1.82, 2.24) is 4.90 Å². The predicted molar refractivity (Wildman–Crippen MR) is 95.0 cm³/mol. The molecule has 0 aliphatic carbocycles. The lowest BCUT2D eigenvalue weighted by molar-refractivity contribution is -0.129. The first-order valence-corrected chi connectivity index (χ1v) is 8.38. The van der Waals surface area contributed by atoms with Gasteiger partial charge in [0, 0.05) is 23.1 Å². The summed E-state index contributed by atoms with van der Waals surface area (Å²) in [5.74, 6) is 0.593. The molecule has 0 saturated carbocycles. The van der Waals surface area contributed by atoms with Gasteiger partial charge in [-0.15, -0.1) is 0 Å². The molecule has 0 radical (unpaired) electrons. The summed E-state index contributed by atoms with van der Waals surface area (Å²) in [6.07, 6.45) is 0.317. The molecular formula is C18H17BrN2O3. The van der Waals surface area contributed by atoms with Gasteiger partial charge >= 0.3 is 6.03 Å². The van der Waals surface area contributed by atoms with E-state index in [0.717, 1.165) is 21.5 Å². The van der Waals surface area contributed by atoms with Gasteiger partial charge in [0.15, 0.2) is 0 Å². The van der Waals surface area contributed by atoms with Gasteiger partial charge in [-0.25, -0.2) is 4.79 Å². The highest BCUT2D eigenvalue weighted by molar-refractivity contribution is 9.10. The first kappa shape index (κ1) is 16.5. The quantitative estimate of drug-likeness (QED) is 0.799. The van der Waals surface area contributed by atoms with Gasteiger partial charge in [-0.1, -0.05) is 28.1 Å². The Hall–Kier alpha value is -2.34. The maximum atomic E-state index is 12.7. The highest BCUT2D eigenvalue weighted by atomic mass is 79.9. The smallest absolute Gasteiger partial charge is 0.331 e. The zero-order valence-corrected chi connectivity index (χ0v) is 14.8. The number of hydrogen-bond donors (Lipinski definition) is 0. The van der Waals surface area contributed by atoms with Crippen LogP contribution in [0.1, 0.15) is 12.0 Å². The van der Waals surface area contributed by atoms with Crippen molar-refractivity contribution in [2.24, 2.45) is 0 Å². The van der Waals surface area contributed by atoms with E-state index >= 15 is 0 Å². The van der Waals surface area contributed by atoms with Crippen molar-refractivity contribution >= 4 is 33.6 Å². The van der Waals surface area contributed by atoms with Crippen LogP contribution >= 0.6 is 15.9 Å². The zero-order valence-electron chi connectivity index (χ0n) is 13.2. The Bertz CT molecular complexity index is 744. The summed E-state index contributed by atoms with van der Waals surface area (Å²) in [5, 5.41) is 0. The highest BCUT2D eigenvalue weighted by Gasteiger charge is 2.32. The van der Waals surface area contributed by atoms with E-state index in [1.54, 1.807) is 12.0 Å². The third-order valence-corrected chi connectivity index (χ3v) is 4.48. The average molecular weight is 389 g/mol. The molecule has 0 aromatic heterocycles. The van der Waals surface area contributed by atoms with Crippen LogP contribution in [-0.4, -0.2) is 30.5 Å². The summed E-state index contributed by atoms with van der Waals surface area (Å²) in [7, 11) is 1.60. The van der Waals surface area contributed by atoms with E-state index < -0.39 is 0 Å². The highest BCUT2D eigenvalue weighted by Crippen LogP contribution is 2.24. The van der Waals surface area contributed by atoms with Gasteiger partial charge < -0.3 is 4.74 Å². The molecule has 24 heavy (non-hydrogen) atoms. The van der Waals surface area contributed by atoms with E-state index in [1.807, 2.05) is 48.5 Å². The van der Waals surface area contributed by atoms with E-state index in [2.05, 4.69) is 15.9 Å². The molecule has 6 heteroatoms. The Morgan fingerprint density at radius 3 is 2.33 bits per heavy atom. The van der Waals surface area contributed by atoms with Gasteiger partial charge in [-0.3, -0.25) is 14.6 Å². The van der Waals surface area contributed by atoms with Crippen LogP contribution in [0.25, 0.3) is 0 Å². The van der Waals surface area contributed by atoms with Crippen LogP contribution in [0, 0.1) is 0 Å². The molecule has 3 amide bonds. The molecule has 1 heterocycles. The van der Waals surface area contributed by atoms with Crippen LogP contribution in [0.15, 0.2) is 53.0 Å². The number of ether oxygens (including phenoxy) is 1. The van der Waals surface area contributed by atoms with Crippen molar-refractivity contribution < 1.29 is 14.3 Å². The summed E-state index contributed by atoms with van der Waals surface area (Å²) in [6.45, 7) is 0.660. The number of benzene rings is 2. The third-order valence-electron chi connectivity index (χ3n) is 3.95. The van der Waals surface area contributed by atoms with E-state index in [0.29, 0.717) is 13.0 Å². The number of imide groups is 1. The summed E-state index contributed by atoms with van der Waals surface area (Å²) >= 11 is 3.38. The fourth-order valence-corrected chi connectivity index (χ4v) is 2.88. The summed E-state index contributed by atoms with van der Waals surface area (Å²) in [5.41, 5.74) is 1.67. The molecule has 1 aliphatic rings. The second kappa shape index (κ2) is 7.05. The average Bonchev–Trinajstić information content (AvgIpc) is 2.60. The molecule has 2 aromatic rings. The second-order valence-corrected chi connectivity index (χ2v) is 6.40. The number of nitrogens with zero attached hydrogens (tertiary/aromatic N) is 2. The molecule has 1 saturated heterocycles. The molecule has 0 spiro atoms. The summed E-state index contributed by atoms with van der Waals surface area (Å²) in [4.78, 5) is 27.9. The van der Waals surface area contributed by atoms with Gasteiger partial charge in [0.05, 0.1) is 13.7 Å². The zero-order chi connectivity index (χ0) is 17.1. The van der Waals surface area contributed by atoms with E-state index in [-0.39, 0.29) is 18.5 Å². The number of amides is 3. The minimum Gasteiger partial charge on any atom is -0.497 e. The number of rotatable bonds is 4. The molecule has 0 bridgehead atoms. The third kappa shape index (κ3) is 3.43. The summed E-state index contributed by atoms with van der Waals surface area (Å²) in [6, 6.07) is 14.6. The molecule has 1 aliphatic heterocycles. The molecule has 5 nitrogen and oxygen atoms in total. The van der Waals surface area contributed by atoms with Crippen molar-refractivity contribution in [1.29, 1.82) is 0 Å². The number of urea groups is 1. The van der Waals surface area contributed by atoms with E-state index in [1.165, 1.54) is 4.90 Å². The van der Waals surface area contributed by atoms with Crippen molar-refractivity contribution in [2.75, 3.05) is 18.6 Å². The number of anilines is 1. The number of methoxy groups -OCH3 is 1. The van der Waals surface area contributed by atoms with Gasteiger partial charge in [0.1, 0.15) is 5.75 Å². The van der Waals surface area contributed by atoms with Gasteiger partial charge in [-0.05, 0) is 42.0 Å². The van der Waals surface area contributed by atoms with Crippen LogP contribution in [0.5, 0.6) is 5.75 Å². The molecule has 0 N–H and O–H groups in total. The molecule has 3 rings (SSSR count). The van der Waals surface area contributed by atoms with Gasteiger partial charge in [0.2, 0.25) is 5.91 Å². The lowest BCUT2D eigenvalue weighted by Gasteiger charge is -2.34. The lowest BCUT2D eigenvalue weighted by Crippen LogP contribution is -2.52. The van der Waals surface area contributed by atoms with Crippen molar-refractivity contribution in [2.45, 2.75) is 13.0 Å². The van der Waals surface area contributed by atoms with E-state index in [4.69, 9.17) is 4.74 Å². The number of carbonyl (C=O) groups excluding carboxylic acids is 2. The fourth-order valence-electron chi connectivity index (χ4n) is 2.62. The van der Waals surface area contributed by atoms with E-state index in [9.17, 15) is 9.59 Å². The molecular weight excluding hydrogens is 372 g/mol. The Morgan fingerprint density at radius 2 is 1.71 bits per heavy atom. The van der Waals surface area contributed by atoms with Crippen LogP contribution in [0.4, 0.5) is 10.5 Å². The van der Waals surface area contributed by atoms with Gasteiger partial charge in [0.25, 0.3) is 0 Å². The van der Waals surface area contributed by atoms with Gasteiger partial charge in [-0.2, -0.15) is 0 Å². The standard InChI is InChI=1S/C18H17BrN2O3/c1-24-16-8-2-13(3-9-16)12-21-17(22)10-11-20(18(21)23)15-6-4-14(19)5-7-15/h2-9H,10-12H2,1H3. The lowest BCUT2D eigenvalue weighted by atomic mass is 10.1. The maximum Gasteiger partial charge on any atom is 0.331 e. The minimum absolute atomic E-state index is 0.149. The first-order valence-electron chi connectivity index (χ1n) is 7.59. The largest absolute Gasteiger partial charge is 0.497 e. The van der Waals surface area contributed by atoms with Crippen molar-refractivity contribution in [3.63, 3.8) is 0 Å². The normalized spacial score (nSPS) is 14.9. The van der Waals surface area contributed by atoms with Crippen molar-refractivity contribution in [3.8, 4) is 5.75 Å². The minimum atomic E-state index is -0.288. The molecule has 0 atom stereocenters. The molecule has 1 fully saturated rings. The maximum absolute atomic E-state index is 12.7. The summed E-state index contributed by atoms with van der Waals surface area (Å²) < 4.78 is 6.07. The number of carbonyl (C=O) groups is 2. The Kier molecular flexibility index (Phi) is 4.85. The van der Waals surface area contributed by atoms with Crippen LogP contribution in [-0.2, 0) is 11.3 Å². The SMILES string of the molecule is COc1ccc(CN2C(=O)CCN(c3ccc(Br)cc3)C2=O)cc1. The Labute approximate surface area is 148 Å². The Morgan fingerprint density at radius 1 is 1.04 bits per heavy atom. The van der Waals surface area contributed by atoms with Crippen molar-refractivity contribution in [3.05, 3.63) is 58.6 Å². The molecule has 0 unspecified atom stereocenters. The Balaban J connectivity index is 1.79. The molecule has 124 valence electrons. The second-order valence-electron chi connectivity index (χ2n) is 5.49. The first-order chi connectivity index (χ1) is 11.6. The van der Waals surface area contributed by atoms with Crippen LogP contribution in [0.3, 0.4) is 0 Å². The number of hydrogen-bond acceptors (Lipinski definition) is 3. The van der Waals surface area contributed by atoms with Crippen LogP contribution < -0.4 is 9.64 Å². The number of halogens is 1. The monoisotopic (exact) mass is 388 g/mol. The topological polar surface area (TPSA) is 49.9 Å².